The number of likely N-dealkylation sites (tertiary alicyclic amines) is 1. The quantitative estimate of drug-likeness (QED) is 0.398. The molecular formula is C28H27N7O. The molecule has 0 bridgehead atoms. The van der Waals surface area contributed by atoms with Gasteiger partial charge in [0.05, 0.1) is 16.6 Å². The molecule has 1 aliphatic heterocycles. The Bertz CT molecular complexity index is 1590. The summed E-state index contributed by atoms with van der Waals surface area (Å²) < 4.78 is 1.78. The first-order chi connectivity index (χ1) is 17.7. The summed E-state index contributed by atoms with van der Waals surface area (Å²) in [4.78, 5) is 33.1. The fourth-order valence-electron chi connectivity index (χ4n) is 5.58. The van der Waals surface area contributed by atoms with Gasteiger partial charge in [0.25, 0.3) is 5.91 Å². The normalized spacial score (nSPS) is 16.8. The molecule has 2 aliphatic rings. The van der Waals surface area contributed by atoms with Crippen molar-refractivity contribution >= 4 is 28.0 Å². The highest BCUT2D eigenvalue weighted by Crippen LogP contribution is 2.41. The molecule has 6 heterocycles. The van der Waals surface area contributed by atoms with Crippen LogP contribution in [-0.4, -0.2) is 53.6 Å². The molecule has 2 fully saturated rings. The van der Waals surface area contributed by atoms with Gasteiger partial charge in [-0.25, -0.2) is 15.0 Å². The van der Waals surface area contributed by atoms with Crippen molar-refractivity contribution in [3.8, 4) is 5.82 Å². The monoisotopic (exact) mass is 477 g/mol. The molecule has 0 unspecified atom stereocenters. The summed E-state index contributed by atoms with van der Waals surface area (Å²) in [5.41, 5.74) is 5.47. The number of hydrogen-bond donors (Lipinski definition) is 1. The highest BCUT2D eigenvalue weighted by Gasteiger charge is 2.32. The SMILES string of the molecule is Cc1nn(-c2ccccn2)c2nc(C3CC3)cc(C(=O)N3CCC(c4c[nH]c5ncccc45)CC3)c12. The second-order valence-corrected chi connectivity index (χ2v) is 9.96. The maximum Gasteiger partial charge on any atom is 0.254 e. The summed E-state index contributed by atoms with van der Waals surface area (Å²) in [6, 6.07) is 11.9. The number of pyridine rings is 3. The molecule has 5 aromatic rings. The van der Waals surface area contributed by atoms with Crippen LogP contribution in [0.3, 0.4) is 0 Å². The van der Waals surface area contributed by atoms with Gasteiger partial charge in [-0.3, -0.25) is 4.79 Å². The van der Waals surface area contributed by atoms with Crippen molar-refractivity contribution in [2.45, 2.75) is 44.4 Å². The van der Waals surface area contributed by atoms with Gasteiger partial charge < -0.3 is 9.88 Å². The molecule has 1 aliphatic carbocycles. The summed E-state index contributed by atoms with van der Waals surface area (Å²) in [5.74, 6) is 1.63. The Balaban J connectivity index is 1.22. The van der Waals surface area contributed by atoms with Crippen LogP contribution >= 0.6 is 0 Å². The molecule has 5 aromatic heterocycles. The largest absolute Gasteiger partial charge is 0.346 e. The van der Waals surface area contributed by atoms with E-state index in [0.29, 0.717) is 17.7 Å². The number of nitrogens with zero attached hydrogens (tertiary/aromatic N) is 6. The molecule has 1 saturated heterocycles. The fraction of sp³-hybridized carbons (Fsp3) is 0.321. The Morgan fingerprint density at radius 2 is 1.83 bits per heavy atom. The average Bonchev–Trinajstić information content (AvgIpc) is 3.61. The number of rotatable bonds is 4. The predicted octanol–water partition coefficient (Wildman–Crippen LogP) is 4.90. The van der Waals surface area contributed by atoms with E-state index in [1.807, 2.05) is 48.4 Å². The number of piperidine rings is 1. The lowest BCUT2D eigenvalue weighted by Gasteiger charge is -2.32. The lowest BCUT2D eigenvalue weighted by Crippen LogP contribution is -2.38. The molecule has 8 heteroatoms. The van der Waals surface area contributed by atoms with Crippen LogP contribution < -0.4 is 0 Å². The van der Waals surface area contributed by atoms with Crippen LogP contribution in [0, 0.1) is 6.92 Å². The van der Waals surface area contributed by atoms with Gasteiger partial charge in [-0.1, -0.05) is 6.07 Å². The van der Waals surface area contributed by atoms with E-state index in [1.54, 1.807) is 10.9 Å². The maximum atomic E-state index is 13.9. The number of carbonyl (C=O) groups excluding carboxylic acids is 1. The van der Waals surface area contributed by atoms with E-state index in [9.17, 15) is 4.79 Å². The summed E-state index contributed by atoms with van der Waals surface area (Å²) in [5, 5.41) is 6.77. The van der Waals surface area contributed by atoms with Gasteiger partial charge in [0.15, 0.2) is 11.5 Å². The van der Waals surface area contributed by atoms with Gasteiger partial charge in [-0.05, 0) is 74.4 Å². The second-order valence-electron chi connectivity index (χ2n) is 9.96. The number of nitrogens with one attached hydrogen (secondary N) is 1. The number of hydrogen-bond acceptors (Lipinski definition) is 5. The molecule has 1 amide bonds. The molecule has 180 valence electrons. The van der Waals surface area contributed by atoms with Gasteiger partial charge in [-0.2, -0.15) is 9.78 Å². The number of fused-ring (bicyclic) bond motifs is 2. The maximum absolute atomic E-state index is 13.9. The smallest absolute Gasteiger partial charge is 0.254 e. The van der Waals surface area contributed by atoms with E-state index in [1.165, 1.54) is 10.9 Å². The molecule has 1 N–H and O–H groups in total. The Morgan fingerprint density at radius 1 is 1.00 bits per heavy atom. The van der Waals surface area contributed by atoms with Crippen molar-refractivity contribution in [1.82, 2.24) is 34.6 Å². The van der Waals surface area contributed by atoms with Gasteiger partial charge in [-0.15, -0.1) is 0 Å². The number of carbonyl (C=O) groups is 1. The van der Waals surface area contributed by atoms with Crippen LogP contribution in [0.15, 0.2) is 55.0 Å². The van der Waals surface area contributed by atoms with Crippen molar-refractivity contribution in [1.29, 1.82) is 0 Å². The molecule has 1 saturated carbocycles. The molecule has 0 radical (unpaired) electrons. The van der Waals surface area contributed by atoms with Crippen LogP contribution in [0.25, 0.3) is 27.9 Å². The molecular weight excluding hydrogens is 450 g/mol. The predicted molar refractivity (Wildman–Crippen MR) is 137 cm³/mol. The second kappa shape index (κ2) is 8.26. The highest BCUT2D eigenvalue weighted by molar-refractivity contribution is 6.07. The van der Waals surface area contributed by atoms with E-state index in [2.05, 4.69) is 27.2 Å². The summed E-state index contributed by atoms with van der Waals surface area (Å²) in [6.45, 7) is 3.41. The van der Waals surface area contributed by atoms with Crippen molar-refractivity contribution in [3.63, 3.8) is 0 Å². The van der Waals surface area contributed by atoms with Gasteiger partial charge in [0, 0.05) is 48.7 Å². The van der Waals surface area contributed by atoms with E-state index in [0.717, 1.165) is 72.4 Å². The fourth-order valence-corrected chi connectivity index (χ4v) is 5.58. The number of aryl methyl sites for hydroxylation is 1. The zero-order chi connectivity index (χ0) is 24.2. The Labute approximate surface area is 208 Å². The standard InChI is InChI=1S/C28H27N7O/c1-17-25-21(15-23(19-7-8-19)32-27(25)35(33-17)24-6-2-3-11-29-24)28(36)34-13-9-18(10-14-34)22-16-31-26-20(22)5-4-12-30-26/h2-6,11-12,15-16,18-19H,7-10,13-14H2,1H3,(H,30,31). The third kappa shape index (κ3) is 3.47. The lowest BCUT2D eigenvalue weighted by atomic mass is 9.89. The average molecular weight is 478 g/mol. The van der Waals surface area contributed by atoms with Gasteiger partial charge in [0.2, 0.25) is 0 Å². The minimum atomic E-state index is 0.0759. The Morgan fingerprint density at radius 3 is 2.61 bits per heavy atom. The van der Waals surface area contributed by atoms with Crippen molar-refractivity contribution in [2.75, 3.05) is 13.1 Å². The van der Waals surface area contributed by atoms with Crippen LogP contribution in [0.4, 0.5) is 0 Å². The van der Waals surface area contributed by atoms with Crippen LogP contribution in [0.1, 0.15) is 64.8 Å². The first-order valence-corrected chi connectivity index (χ1v) is 12.7. The molecule has 36 heavy (non-hydrogen) atoms. The molecule has 0 spiro atoms. The van der Waals surface area contributed by atoms with Gasteiger partial charge in [0.1, 0.15) is 5.65 Å². The number of aromatic amines is 1. The van der Waals surface area contributed by atoms with Crippen LogP contribution in [-0.2, 0) is 0 Å². The topological polar surface area (TPSA) is 92.6 Å². The molecule has 7 rings (SSSR count). The first-order valence-electron chi connectivity index (χ1n) is 12.7. The summed E-state index contributed by atoms with van der Waals surface area (Å²) in [7, 11) is 0. The third-order valence-electron chi connectivity index (χ3n) is 7.63. The minimum Gasteiger partial charge on any atom is -0.346 e. The van der Waals surface area contributed by atoms with Crippen molar-refractivity contribution < 1.29 is 4.79 Å². The summed E-state index contributed by atoms with van der Waals surface area (Å²) >= 11 is 0. The van der Waals surface area contributed by atoms with Crippen LogP contribution in [0.2, 0.25) is 0 Å². The minimum absolute atomic E-state index is 0.0759. The van der Waals surface area contributed by atoms with E-state index < -0.39 is 0 Å². The van der Waals surface area contributed by atoms with Gasteiger partial charge >= 0.3 is 0 Å². The van der Waals surface area contributed by atoms with E-state index >= 15 is 0 Å². The first kappa shape index (κ1) is 21.2. The molecule has 0 atom stereocenters. The van der Waals surface area contributed by atoms with Crippen LogP contribution in [0.5, 0.6) is 0 Å². The highest BCUT2D eigenvalue weighted by atomic mass is 16.2. The van der Waals surface area contributed by atoms with Crippen molar-refractivity contribution in [3.05, 3.63) is 77.5 Å². The van der Waals surface area contributed by atoms with E-state index in [-0.39, 0.29) is 5.91 Å². The molecule has 8 nitrogen and oxygen atoms in total. The zero-order valence-corrected chi connectivity index (χ0v) is 20.2. The summed E-state index contributed by atoms with van der Waals surface area (Å²) in [6.07, 6.45) is 9.76. The third-order valence-corrected chi connectivity index (χ3v) is 7.63. The Hall–Kier alpha value is -4.07. The van der Waals surface area contributed by atoms with E-state index in [4.69, 9.17) is 10.1 Å². The Kier molecular flexibility index (Phi) is 4.87. The lowest BCUT2D eigenvalue weighted by molar-refractivity contribution is 0.0715. The number of H-pyrrole nitrogens is 1. The molecule has 0 aromatic carbocycles. The number of aromatic nitrogens is 6. The van der Waals surface area contributed by atoms with Crippen molar-refractivity contribution in [2.24, 2.45) is 0 Å². The zero-order valence-electron chi connectivity index (χ0n) is 20.2. The number of amides is 1.